The normalized spacial score (nSPS) is 18.7. The highest BCUT2D eigenvalue weighted by atomic mass is 16.3. The first-order valence-electron chi connectivity index (χ1n) is 4.45. The number of hydrazine groups is 1. The molecule has 0 aromatic rings. The smallest absolute Gasteiger partial charge is 0.162 e. The molecule has 0 aliphatic carbocycles. The van der Waals surface area contributed by atoms with Crippen LogP contribution in [0.25, 0.3) is 0 Å². The molecule has 0 fully saturated rings. The Kier molecular flexibility index (Phi) is 5.38. The minimum Gasteiger partial charge on any atom is -0.387 e. The molecule has 0 spiro atoms. The van der Waals surface area contributed by atoms with E-state index in [0.29, 0.717) is 13.0 Å². The van der Waals surface area contributed by atoms with Crippen LogP contribution >= 0.6 is 0 Å². The quantitative estimate of drug-likeness (QED) is 0.236. The number of hydrogen-bond acceptors (Lipinski definition) is 5. The SMILES string of the molecule is CCC(O)C[N+](N)(NC)N(C)NC. The van der Waals surface area contributed by atoms with E-state index in [4.69, 9.17) is 5.84 Å². The van der Waals surface area contributed by atoms with Crippen molar-refractivity contribution in [3.63, 3.8) is 0 Å². The van der Waals surface area contributed by atoms with Gasteiger partial charge in [0, 0.05) is 14.1 Å². The molecule has 0 heterocycles. The fraction of sp³-hybridized carbons (Fsp3) is 1.00. The zero-order valence-corrected chi connectivity index (χ0v) is 8.91. The van der Waals surface area contributed by atoms with Gasteiger partial charge in [0.2, 0.25) is 0 Å². The first kappa shape index (κ1) is 12.8. The van der Waals surface area contributed by atoms with Crippen LogP contribution in [-0.4, -0.2) is 48.8 Å². The average Bonchev–Trinajstić information content (AvgIpc) is 2.15. The highest BCUT2D eigenvalue weighted by Gasteiger charge is 2.30. The van der Waals surface area contributed by atoms with Crippen LogP contribution in [0.1, 0.15) is 13.3 Å². The van der Waals surface area contributed by atoms with Crippen LogP contribution in [0.2, 0.25) is 0 Å². The van der Waals surface area contributed by atoms with E-state index in [1.165, 1.54) is 0 Å². The maximum absolute atomic E-state index is 9.48. The summed E-state index contributed by atoms with van der Waals surface area (Å²) >= 11 is 0. The molecule has 0 saturated carbocycles. The van der Waals surface area contributed by atoms with E-state index in [0.717, 1.165) is 0 Å². The number of hydrogen-bond donors (Lipinski definition) is 4. The molecule has 0 bridgehead atoms. The van der Waals surface area contributed by atoms with Gasteiger partial charge in [-0.15, -0.1) is 11.3 Å². The third-order valence-electron chi connectivity index (χ3n) is 2.21. The Bertz CT molecular complexity index is 145. The average molecular weight is 192 g/mol. The minimum absolute atomic E-state index is 0.0362. The van der Waals surface area contributed by atoms with E-state index < -0.39 is 6.10 Å². The number of aliphatic hydroxyl groups is 1. The van der Waals surface area contributed by atoms with Gasteiger partial charge in [-0.2, -0.15) is 0 Å². The highest BCUT2D eigenvalue weighted by molar-refractivity contribution is 4.47. The maximum atomic E-state index is 9.48. The summed E-state index contributed by atoms with van der Waals surface area (Å²) in [4.78, 5) is -0.0362. The Morgan fingerprint density at radius 1 is 1.54 bits per heavy atom. The molecule has 0 rings (SSSR count). The van der Waals surface area contributed by atoms with Crippen LogP contribution in [0, 0.1) is 0 Å². The molecule has 13 heavy (non-hydrogen) atoms. The molecule has 2 atom stereocenters. The van der Waals surface area contributed by atoms with Crippen molar-refractivity contribution in [2.75, 3.05) is 27.7 Å². The van der Waals surface area contributed by atoms with Crippen LogP contribution < -0.4 is 16.7 Å². The molecule has 0 amide bonds. The van der Waals surface area contributed by atoms with E-state index in [9.17, 15) is 5.11 Å². The van der Waals surface area contributed by atoms with Crippen molar-refractivity contribution in [2.24, 2.45) is 5.84 Å². The molecule has 0 aromatic heterocycles. The van der Waals surface area contributed by atoms with Gasteiger partial charge in [0.15, 0.2) is 6.54 Å². The van der Waals surface area contributed by atoms with Gasteiger partial charge >= 0.3 is 0 Å². The molecule has 0 saturated heterocycles. The second kappa shape index (κ2) is 5.48. The molecule has 0 aromatic carbocycles. The van der Waals surface area contributed by atoms with E-state index in [2.05, 4.69) is 10.9 Å². The van der Waals surface area contributed by atoms with Gasteiger partial charge < -0.3 is 5.11 Å². The van der Waals surface area contributed by atoms with Crippen LogP contribution in [0.3, 0.4) is 0 Å². The van der Waals surface area contributed by atoms with Gasteiger partial charge in [0.05, 0.1) is 7.05 Å². The van der Waals surface area contributed by atoms with Gasteiger partial charge in [0.1, 0.15) is 6.10 Å². The lowest BCUT2D eigenvalue weighted by Crippen LogP contribution is -2.74. The summed E-state index contributed by atoms with van der Waals surface area (Å²) in [7, 11) is 5.32. The monoisotopic (exact) mass is 192 g/mol. The molecule has 0 aliphatic heterocycles. The molecule has 2 unspecified atom stereocenters. The number of nitrogens with two attached hydrogens (primary N) is 1. The Balaban J connectivity index is 4.26. The van der Waals surface area contributed by atoms with Gasteiger partial charge in [-0.1, -0.05) is 16.9 Å². The second-order valence-electron chi connectivity index (χ2n) is 3.04. The molecular weight excluding hydrogens is 170 g/mol. The van der Waals surface area contributed by atoms with Crippen molar-refractivity contribution in [3.8, 4) is 0 Å². The summed E-state index contributed by atoms with van der Waals surface area (Å²) in [6.45, 7) is 2.34. The summed E-state index contributed by atoms with van der Waals surface area (Å²) in [5, 5.41) is 11.2. The molecule has 5 N–H and O–H groups in total. The number of rotatable bonds is 6. The molecule has 0 radical (unpaired) electrons. The van der Waals surface area contributed by atoms with E-state index in [-0.39, 0.29) is 4.81 Å². The van der Waals surface area contributed by atoms with Crippen molar-refractivity contribution in [2.45, 2.75) is 19.4 Å². The standard InChI is InChI=1S/C7H22N5O/c1-5-7(13)6-12(8,10-3)11(4)9-2/h7,9-10,13H,5-6,8H2,1-4H3/q+1. The molecule has 6 heteroatoms. The van der Waals surface area contributed by atoms with Crippen LogP contribution in [0.5, 0.6) is 0 Å². The fourth-order valence-corrected chi connectivity index (χ4v) is 0.993. The van der Waals surface area contributed by atoms with Crippen LogP contribution in [0.4, 0.5) is 0 Å². The van der Waals surface area contributed by atoms with E-state index in [1.807, 2.05) is 6.92 Å². The Hall–Kier alpha value is -0.240. The summed E-state index contributed by atoms with van der Waals surface area (Å²) in [5.74, 6) is 5.96. The summed E-state index contributed by atoms with van der Waals surface area (Å²) in [6, 6.07) is 0. The largest absolute Gasteiger partial charge is 0.387 e. The van der Waals surface area contributed by atoms with E-state index >= 15 is 0 Å². The first-order valence-corrected chi connectivity index (χ1v) is 4.45. The first-order chi connectivity index (χ1) is 6.00. The second-order valence-corrected chi connectivity index (χ2v) is 3.04. The predicted octanol–water partition coefficient (Wildman–Crippen LogP) is -1.44. The topological polar surface area (TPSA) is 73.5 Å². The number of nitrogens with one attached hydrogen (secondary N) is 2. The van der Waals surface area contributed by atoms with Gasteiger partial charge in [-0.25, -0.2) is 5.43 Å². The minimum atomic E-state index is -0.409. The zero-order chi connectivity index (χ0) is 10.5. The Morgan fingerprint density at radius 2 is 2.08 bits per heavy atom. The summed E-state index contributed by atoms with van der Waals surface area (Å²) < 4.78 is 0. The van der Waals surface area contributed by atoms with Crippen molar-refractivity contribution in [3.05, 3.63) is 0 Å². The van der Waals surface area contributed by atoms with Crippen molar-refractivity contribution < 1.29 is 9.92 Å². The summed E-state index contributed by atoms with van der Waals surface area (Å²) in [6.07, 6.45) is 0.282. The van der Waals surface area contributed by atoms with Crippen LogP contribution in [0.15, 0.2) is 0 Å². The van der Waals surface area contributed by atoms with Crippen molar-refractivity contribution >= 4 is 0 Å². The number of aliphatic hydroxyl groups excluding tert-OH is 1. The molecular formula is C7H22N5O+. The van der Waals surface area contributed by atoms with Gasteiger partial charge in [-0.3, -0.25) is 0 Å². The number of quaternary nitrogens is 1. The van der Waals surface area contributed by atoms with Crippen LogP contribution in [-0.2, 0) is 0 Å². The summed E-state index contributed by atoms with van der Waals surface area (Å²) in [5.41, 5.74) is 5.81. The lowest BCUT2D eigenvalue weighted by Gasteiger charge is -2.37. The Labute approximate surface area is 79.8 Å². The molecule has 0 aliphatic rings. The lowest BCUT2D eigenvalue weighted by atomic mass is 10.3. The molecule has 80 valence electrons. The van der Waals surface area contributed by atoms with E-state index in [1.54, 1.807) is 26.3 Å². The Morgan fingerprint density at radius 3 is 2.38 bits per heavy atom. The highest BCUT2D eigenvalue weighted by Crippen LogP contribution is 2.00. The third kappa shape index (κ3) is 3.55. The maximum Gasteiger partial charge on any atom is 0.162 e. The fourth-order valence-electron chi connectivity index (χ4n) is 0.993. The van der Waals surface area contributed by atoms with Gasteiger partial charge in [0.25, 0.3) is 0 Å². The number of nitrogens with zero attached hydrogens (tertiary/aromatic N) is 2. The van der Waals surface area contributed by atoms with Gasteiger partial charge in [-0.05, 0) is 6.42 Å². The third-order valence-corrected chi connectivity index (χ3v) is 2.21. The predicted molar refractivity (Wildman–Crippen MR) is 51.5 cm³/mol. The van der Waals surface area contributed by atoms with Crippen molar-refractivity contribution in [1.82, 2.24) is 16.0 Å². The molecule has 6 nitrogen and oxygen atoms in total. The lowest BCUT2D eigenvalue weighted by molar-refractivity contribution is -1.09. The zero-order valence-electron chi connectivity index (χ0n) is 8.91. The van der Waals surface area contributed by atoms with Crippen molar-refractivity contribution in [1.29, 1.82) is 0 Å².